The number of nitrogens with one attached hydrogen (secondary N) is 1. The highest BCUT2D eigenvalue weighted by atomic mass is 16.5. The highest BCUT2D eigenvalue weighted by Crippen LogP contribution is 2.19. The van der Waals surface area contributed by atoms with Crippen LogP contribution in [0.5, 0.6) is 0 Å². The van der Waals surface area contributed by atoms with Crippen LogP contribution >= 0.6 is 0 Å². The van der Waals surface area contributed by atoms with Gasteiger partial charge in [0, 0.05) is 25.7 Å². The van der Waals surface area contributed by atoms with Crippen molar-refractivity contribution in [3.63, 3.8) is 0 Å². The van der Waals surface area contributed by atoms with Crippen LogP contribution in [0.2, 0.25) is 0 Å². The summed E-state index contributed by atoms with van der Waals surface area (Å²) in [6, 6.07) is 0.367. The van der Waals surface area contributed by atoms with Gasteiger partial charge in [-0.25, -0.2) is 0 Å². The summed E-state index contributed by atoms with van der Waals surface area (Å²) < 4.78 is 5.81. The van der Waals surface area contributed by atoms with E-state index >= 15 is 0 Å². The Morgan fingerprint density at radius 2 is 1.65 bits per heavy atom. The first-order chi connectivity index (χ1) is 10.9. The van der Waals surface area contributed by atoms with Crippen LogP contribution in [0.15, 0.2) is 0 Å². The maximum Gasteiger partial charge on any atom is 0.237 e. The number of rotatable bonds is 6. The Balaban J connectivity index is 1.90. The third kappa shape index (κ3) is 5.16. The minimum atomic E-state index is -0.0606. The summed E-state index contributed by atoms with van der Waals surface area (Å²) in [6.07, 6.45) is 2.96. The van der Waals surface area contributed by atoms with E-state index in [0.717, 1.165) is 19.6 Å². The van der Waals surface area contributed by atoms with Crippen molar-refractivity contribution in [2.24, 2.45) is 5.92 Å². The molecular formula is C18H35N3O2. The van der Waals surface area contributed by atoms with Crippen LogP contribution < -0.4 is 5.32 Å². The van der Waals surface area contributed by atoms with Crippen molar-refractivity contribution in [2.75, 3.05) is 32.7 Å². The summed E-state index contributed by atoms with van der Waals surface area (Å²) in [4.78, 5) is 17.6. The van der Waals surface area contributed by atoms with Gasteiger partial charge in [0.2, 0.25) is 5.91 Å². The molecule has 5 heteroatoms. The van der Waals surface area contributed by atoms with E-state index in [1.54, 1.807) is 0 Å². The van der Waals surface area contributed by atoms with Crippen molar-refractivity contribution >= 4 is 5.91 Å². The van der Waals surface area contributed by atoms with Crippen molar-refractivity contribution in [3.8, 4) is 0 Å². The predicted molar refractivity (Wildman–Crippen MR) is 93.5 cm³/mol. The molecule has 0 aromatic heterocycles. The van der Waals surface area contributed by atoms with Gasteiger partial charge >= 0.3 is 0 Å². The van der Waals surface area contributed by atoms with E-state index in [-0.39, 0.29) is 24.2 Å². The molecule has 2 saturated heterocycles. The molecule has 2 aliphatic rings. The van der Waals surface area contributed by atoms with Gasteiger partial charge in [-0.05, 0) is 52.6 Å². The van der Waals surface area contributed by atoms with E-state index in [0.29, 0.717) is 12.0 Å². The number of morpholine rings is 1. The van der Waals surface area contributed by atoms with Crippen molar-refractivity contribution in [1.82, 2.24) is 15.1 Å². The van der Waals surface area contributed by atoms with Crippen molar-refractivity contribution < 1.29 is 9.53 Å². The molecule has 2 heterocycles. The quantitative estimate of drug-likeness (QED) is 0.808. The smallest absolute Gasteiger partial charge is 0.237 e. The molecule has 134 valence electrons. The number of amides is 1. The molecule has 1 N–H and O–H groups in total. The number of carbonyl (C=O) groups is 1. The predicted octanol–water partition coefficient (Wildman–Crippen LogP) is 1.72. The Bertz CT molecular complexity index is 372. The number of likely N-dealkylation sites (tertiary alicyclic amines) is 1. The normalized spacial score (nSPS) is 29.7. The Morgan fingerprint density at radius 3 is 2.17 bits per heavy atom. The summed E-state index contributed by atoms with van der Waals surface area (Å²) in [5, 5.41) is 3.20. The van der Waals surface area contributed by atoms with Gasteiger partial charge in [0.05, 0.1) is 18.2 Å². The zero-order valence-corrected chi connectivity index (χ0v) is 15.5. The molecule has 0 radical (unpaired) electrons. The SMILES string of the molecule is CC1CN(C(C(=O)NCC(C)N2CCCC2)C(C)C)CC(C)O1. The minimum Gasteiger partial charge on any atom is -0.373 e. The van der Waals surface area contributed by atoms with Gasteiger partial charge in [-0.2, -0.15) is 0 Å². The van der Waals surface area contributed by atoms with Gasteiger partial charge in [0.25, 0.3) is 0 Å². The van der Waals surface area contributed by atoms with Crippen LogP contribution in [0, 0.1) is 5.92 Å². The summed E-state index contributed by atoms with van der Waals surface area (Å²) in [5.74, 6) is 0.474. The van der Waals surface area contributed by atoms with Crippen LogP contribution in [-0.4, -0.2) is 72.7 Å². The van der Waals surface area contributed by atoms with Gasteiger partial charge in [-0.15, -0.1) is 0 Å². The third-order valence-electron chi connectivity index (χ3n) is 5.08. The van der Waals surface area contributed by atoms with E-state index in [4.69, 9.17) is 4.74 Å². The topological polar surface area (TPSA) is 44.8 Å². The van der Waals surface area contributed by atoms with Crippen LogP contribution in [-0.2, 0) is 9.53 Å². The van der Waals surface area contributed by atoms with Crippen LogP contribution in [0.1, 0.15) is 47.5 Å². The maximum atomic E-state index is 12.8. The fourth-order valence-corrected chi connectivity index (χ4v) is 4.00. The maximum absolute atomic E-state index is 12.8. The second kappa shape index (κ2) is 8.45. The first kappa shape index (κ1) is 18.7. The average molecular weight is 325 g/mol. The van der Waals surface area contributed by atoms with E-state index in [9.17, 15) is 4.79 Å². The molecule has 0 aromatic carbocycles. The third-order valence-corrected chi connectivity index (χ3v) is 5.08. The molecule has 1 amide bonds. The fourth-order valence-electron chi connectivity index (χ4n) is 4.00. The van der Waals surface area contributed by atoms with Crippen LogP contribution in [0.4, 0.5) is 0 Å². The molecule has 0 aliphatic carbocycles. The van der Waals surface area contributed by atoms with Gasteiger partial charge in [-0.1, -0.05) is 13.8 Å². The molecule has 4 unspecified atom stereocenters. The van der Waals surface area contributed by atoms with Gasteiger partial charge < -0.3 is 10.1 Å². The molecule has 0 spiro atoms. The molecule has 0 aromatic rings. The second-order valence-corrected chi connectivity index (χ2v) is 7.74. The summed E-state index contributed by atoms with van der Waals surface area (Å²) in [7, 11) is 0. The van der Waals surface area contributed by atoms with E-state index in [2.05, 4.69) is 49.7 Å². The first-order valence-electron chi connectivity index (χ1n) is 9.29. The van der Waals surface area contributed by atoms with Crippen molar-refractivity contribution in [1.29, 1.82) is 0 Å². The Morgan fingerprint density at radius 1 is 1.09 bits per heavy atom. The molecule has 23 heavy (non-hydrogen) atoms. The molecule has 4 atom stereocenters. The standard InChI is InChI=1S/C18H35N3O2/c1-13(2)17(21-11-15(4)23-16(5)12-21)18(22)19-10-14(3)20-8-6-7-9-20/h13-17H,6-12H2,1-5H3,(H,19,22). The molecular weight excluding hydrogens is 290 g/mol. The number of carbonyl (C=O) groups excluding carboxylic acids is 1. The van der Waals surface area contributed by atoms with Gasteiger partial charge in [0.15, 0.2) is 0 Å². The van der Waals surface area contributed by atoms with Gasteiger partial charge in [0.1, 0.15) is 0 Å². The molecule has 2 rings (SSSR count). The zero-order chi connectivity index (χ0) is 17.0. The van der Waals surface area contributed by atoms with Crippen LogP contribution in [0.3, 0.4) is 0 Å². The Hall–Kier alpha value is -0.650. The summed E-state index contributed by atoms with van der Waals surface area (Å²) in [6.45, 7) is 15.4. The fraction of sp³-hybridized carbons (Fsp3) is 0.944. The van der Waals surface area contributed by atoms with Gasteiger partial charge in [-0.3, -0.25) is 14.6 Å². The Kier molecular flexibility index (Phi) is 6.86. The highest BCUT2D eigenvalue weighted by molar-refractivity contribution is 5.82. The highest BCUT2D eigenvalue weighted by Gasteiger charge is 2.34. The monoisotopic (exact) mass is 325 g/mol. The Labute approximate surface area is 141 Å². The molecule has 2 fully saturated rings. The minimum absolute atomic E-state index is 0.0606. The molecule has 2 aliphatic heterocycles. The summed E-state index contributed by atoms with van der Waals surface area (Å²) in [5.41, 5.74) is 0. The van der Waals surface area contributed by atoms with E-state index in [1.807, 2.05) is 0 Å². The van der Waals surface area contributed by atoms with Crippen molar-refractivity contribution in [2.45, 2.75) is 71.8 Å². The lowest BCUT2D eigenvalue weighted by molar-refractivity contribution is -0.135. The average Bonchev–Trinajstić information content (AvgIpc) is 2.97. The number of ether oxygens (including phenoxy) is 1. The zero-order valence-electron chi connectivity index (χ0n) is 15.5. The lowest BCUT2D eigenvalue weighted by Gasteiger charge is -2.41. The molecule has 0 bridgehead atoms. The second-order valence-electron chi connectivity index (χ2n) is 7.74. The summed E-state index contributed by atoms with van der Waals surface area (Å²) >= 11 is 0. The lowest BCUT2D eigenvalue weighted by Crippen LogP contribution is -2.57. The number of hydrogen-bond donors (Lipinski definition) is 1. The van der Waals surface area contributed by atoms with Crippen LogP contribution in [0.25, 0.3) is 0 Å². The van der Waals surface area contributed by atoms with Crippen molar-refractivity contribution in [3.05, 3.63) is 0 Å². The number of hydrogen-bond acceptors (Lipinski definition) is 4. The number of nitrogens with zero attached hydrogens (tertiary/aromatic N) is 2. The lowest BCUT2D eigenvalue weighted by atomic mass is 9.99. The molecule has 5 nitrogen and oxygen atoms in total. The van der Waals surface area contributed by atoms with E-state index in [1.165, 1.54) is 25.9 Å². The largest absolute Gasteiger partial charge is 0.373 e. The first-order valence-corrected chi connectivity index (χ1v) is 9.29. The van der Waals surface area contributed by atoms with E-state index < -0.39 is 0 Å². The molecule has 0 saturated carbocycles.